The molecule has 1 aromatic carbocycles. The normalized spacial score (nSPS) is 20.0. The van der Waals surface area contributed by atoms with Crippen LogP contribution in [0.25, 0.3) is 0 Å². The van der Waals surface area contributed by atoms with Gasteiger partial charge in [0.15, 0.2) is 15.7 Å². The standard InChI is InChI=1S/C18H21ClN4O2S/c19-16-3-1-2-14(10-16)12-22-5-7-23(8-6-22)18-11-15-13-26(24,25)9-4-17(15)20-21-18/h1-3,10-11H,4-9,12-13H2. The molecule has 2 aliphatic heterocycles. The summed E-state index contributed by atoms with van der Waals surface area (Å²) in [5.74, 6) is 1.04. The molecule has 138 valence electrons. The number of nitrogens with zero attached hydrogens (tertiary/aromatic N) is 4. The molecule has 1 aromatic heterocycles. The Labute approximate surface area is 158 Å². The largest absolute Gasteiger partial charge is 0.353 e. The van der Waals surface area contributed by atoms with E-state index in [4.69, 9.17) is 11.6 Å². The van der Waals surface area contributed by atoms with E-state index in [1.807, 2.05) is 24.3 Å². The highest BCUT2D eigenvalue weighted by Crippen LogP contribution is 2.23. The number of rotatable bonds is 3. The first-order valence-corrected chi connectivity index (χ1v) is 11.0. The number of piperazine rings is 1. The Morgan fingerprint density at radius 3 is 2.65 bits per heavy atom. The maximum Gasteiger partial charge on any atom is 0.154 e. The van der Waals surface area contributed by atoms with Crippen LogP contribution >= 0.6 is 11.6 Å². The van der Waals surface area contributed by atoms with Gasteiger partial charge in [-0.2, -0.15) is 5.10 Å². The summed E-state index contributed by atoms with van der Waals surface area (Å²) in [6.07, 6.45) is 0.471. The number of aryl methyl sites for hydroxylation is 1. The Balaban J connectivity index is 1.40. The number of anilines is 1. The number of hydrogen-bond donors (Lipinski definition) is 0. The van der Waals surface area contributed by atoms with Gasteiger partial charge in [0.1, 0.15) is 0 Å². The Kier molecular flexibility index (Phi) is 4.86. The van der Waals surface area contributed by atoms with Crippen LogP contribution in [-0.4, -0.2) is 55.4 Å². The predicted octanol–water partition coefficient (Wildman–Crippen LogP) is 1.92. The molecule has 2 aromatic rings. The SMILES string of the molecule is O=S1(=O)CCc2nnc(N3CCN(Cc4cccc(Cl)c4)CC3)cc2C1. The van der Waals surface area contributed by atoms with E-state index >= 15 is 0 Å². The summed E-state index contributed by atoms with van der Waals surface area (Å²) in [6, 6.07) is 9.87. The third kappa shape index (κ3) is 4.00. The molecule has 0 aliphatic carbocycles. The van der Waals surface area contributed by atoms with Crippen LogP contribution in [0.2, 0.25) is 5.02 Å². The molecular formula is C18H21ClN4O2S. The van der Waals surface area contributed by atoms with Crippen LogP contribution < -0.4 is 4.90 Å². The number of aromatic nitrogens is 2. The van der Waals surface area contributed by atoms with Crippen LogP contribution in [-0.2, 0) is 28.6 Å². The highest BCUT2D eigenvalue weighted by molar-refractivity contribution is 7.90. The minimum atomic E-state index is -3.00. The molecule has 0 unspecified atom stereocenters. The Morgan fingerprint density at radius 1 is 1.08 bits per heavy atom. The number of halogens is 1. The Hall–Kier alpha value is -1.70. The van der Waals surface area contributed by atoms with Gasteiger partial charge in [0, 0.05) is 44.2 Å². The highest BCUT2D eigenvalue weighted by atomic mass is 35.5. The van der Waals surface area contributed by atoms with Crippen molar-refractivity contribution in [3.63, 3.8) is 0 Å². The second-order valence-electron chi connectivity index (χ2n) is 6.91. The molecule has 0 atom stereocenters. The highest BCUT2D eigenvalue weighted by Gasteiger charge is 2.25. The Morgan fingerprint density at radius 2 is 1.88 bits per heavy atom. The summed E-state index contributed by atoms with van der Waals surface area (Å²) >= 11 is 6.06. The van der Waals surface area contributed by atoms with Crippen LogP contribution in [0.15, 0.2) is 30.3 Å². The van der Waals surface area contributed by atoms with Crippen molar-refractivity contribution in [2.75, 3.05) is 36.8 Å². The molecule has 0 amide bonds. The maximum absolute atomic E-state index is 11.9. The fourth-order valence-electron chi connectivity index (χ4n) is 3.52. The summed E-state index contributed by atoms with van der Waals surface area (Å²) in [5.41, 5.74) is 2.84. The molecule has 3 heterocycles. The third-order valence-corrected chi connectivity index (χ3v) is 6.78. The monoisotopic (exact) mass is 392 g/mol. The van der Waals surface area contributed by atoms with Crippen molar-refractivity contribution in [3.8, 4) is 0 Å². The first-order valence-electron chi connectivity index (χ1n) is 8.76. The molecule has 0 saturated carbocycles. The van der Waals surface area contributed by atoms with Gasteiger partial charge in [0.2, 0.25) is 0 Å². The molecule has 8 heteroatoms. The molecular weight excluding hydrogens is 372 g/mol. The molecule has 0 N–H and O–H groups in total. The molecule has 1 saturated heterocycles. The van der Waals surface area contributed by atoms with Crippen molar-refractivity contribution >= 4 is 27.3 Å². The zero-order valence-corrected chi connectivity index (χ0v) is 16.0. The average molecular weight is 393 g/mol. The van der Waals surface area contributed by atoms with Crippen molar-refractivity contribution in [3.05, 3.63) is 52.2 Å². The lowest BCUT2D eigenvalue weighted by Crippen LogP contribution is -2.46. The number of hydrogen-bond acceptors (Lipinski definition) is 6. The van der Waals surface area contributed by atoms with Crippen LogP contribution in [0.3, 0.4) is 0 Å². The van der Waals surface area contributed by atoms with E-state index in [-0.39, 0.29) is 11.5 Å². The smallest absolute Gasteiger partial charge is 0.154 e. The van der Waals surface area contributed by atoms with Gasteiger partial charge < -0.3 is 4.90 Å². The summed E-state index contributed by atoms with van der Waals surface area (Å²) in [7, 11) is -3.00. The Bertz CT molecular complexity index is 911. The minimum absolute atomic E-state index is 0.0829. The van der Waals surface area contributed by atoms with E-state index in [0.717, 1.165) is 54.8 Å². The molecule has 1 fully saturated rings. The molecule has 6 nitrogen and oxygen atoms in total. The van der Waals surface area contributed by atoms with Crippen molar-refractivity contribution in [2.24, 2.45) is 0 Å². The van der Waals surface area contributed by atoms with Crippen LogP contribution in [0, 0.1) is 0 Å². The predicted molar refractivity (Wildman–Crippen MR) is 102 cm³/mol. The van der Waals surface area contributed by atoms with Gasteiger partial charge in [-0.3, -0.25) is 4.90 Å². The molecule has 2 aliphatic rings. The number of fused-ring (bicyclic) bond motifs is 1. The molecule has 0 radical (unpaired) electrons. The van der Waals surface area contributed by atoms with E-state index in [1.165, 1.54) is 5.56 Å². The van der Waals surface area contributed by atoms with Gasteiger partial charge in [0.05, 0.1) is 17.2 Å². The van der Waals surface area contributed by atoms with Gasteiger partial charge in [-0.25, -0.2) is 8.42 Å². The van der Waals surface area contributed by atoms with Crippen molar-refractivity contribution in [1.29, 1.82) is 0 Å². The molecule has 0 bridgehead atoms. The lowest BCUT2D eigenvalue weighted by molar-refractivity contribution is 0.249. The van der Waals surface area contributed by atoms with Crippen molar-refractivity contribution in [2.45, 2.75) is 18.7 Å². The second-order valence-corrected chi connectivity index (χ2v) is 9.53. The van der Waals surface area contributed by atoms with Gasteiger partial charge >= 0.3 is 0 Å². The number of sulfone groups is 1. The van der Waals surface area contributed by atoms with Crippen LogP contribution in [0.5, 0.6) is 0 Å². The van der Waals surface area contributed by atoms with Gasteiger partial charge in [0.25, 0.3) is 0 Å². The lowest BCUT2D eigenvalue weighted by atomic mass is 10.1. The fraction of sp³-hybridized carbons (Fsp3) is 0.444. The van der Waals surface area contributed by atoms with E-state index in [2.05, 4.69) is 26.1 Å². The summed E-state index contributed by atoms with van der Waals surface area (Å²) in [4.78, 5) is 4.57. The zero-order valence-electron chi connectivity index (χ0n) is 14.4. The van der Waals surface area contributed by atoms with E-state index in [1.54, 1.807) is 0 Å². The topological polar surface area (TPSA) is 66.4 Å². The maximum atomic E-state index is 11.9. The van der Waals surface area contributed by atoms with Crippen molar-refractivity contribution in [1.82, 2.24) is 15.1 Å². The first-order chi connectivity index (χ1) is 12.5. The summed E-state index contributed by atoms with van der Waals surface area (Å²) < 4.78 is 23.7. The molecule has 26 heavy (non-hydrogen) atoms. The van der Waals surface area contributed by atoms with Gasteiger partial charge in [-0.05, 0) is 29.3 Å². The fourth-order valence-corrected chi connectivity index (χ4v) is 5.11. The average Bonchev–Trinajstić information content (AvgIpc) is 2.61. The van der Waals surface area contributed by atoms with E-state index < -0.39 is 9.84 Å². The zero-order chi connectivity index (χ0) is 18.1. The summed E-state index contributed by atoms with van der Waals surface area (Å²) in [5, 5.41) is 9.37. The van der Waals surface area contributed by atoms with Gasteiger partial charge in [-0.15, -0.1) is 5.10 Å². The van der Waals surface area contributed by atoms with Crippen LogP contribution in [0.4, 0.5) is 5.82 Å². The lowest BCUT2D eigenvalue weighted by Gasteiger charge is -2.35. The second kappa shape index (κ2) is 7.13. The van der Waals surface area contributed by atoms with Crippen molar-refractivity contribution < 1.29 is 8.42 Å². The quantitative estimate of drug-likeness (QED) is 0.795. The van der Waals surface area contributed by atoms with Crippen LogP contribution in [0.1, 0.15) is 16.8 Å². The number of benzene rings is 1. The first kappa shape index (κ1) is 17.7. The minimum Gasteiger partial charge on any atom is -0.353 e. The molecule has 4 rings (SSSR count). The third-order valence-electron chi connectivity index (χ3n) is 4.96. The van der Waals surface area contributed by atoms with Gasteiger partial charge in [-0.1, -0.05) is 23.7 Å². The summed E-state index contributed by atoms with van der Waals surface area (Å²) in [6.45, 7) is 4.41. The molecule has 0 spiro atoms. The van der Waals surface area contributed by atoms with E-state index in [9.17, 15) is 8.42 Å². The van der Waals surface area contributed by atoms with E-state index in [0.29, 0.717) is 6.42 Å².